The van der Waals surface area contributed by atoms with Crippen molar-refractivity contribution in [2.75, 3.05) is 6.26 Å². The standard InChI is InChI=1S/C15H14N4O4S/c1-10-3-8-14(20)19(17-10)9-13-16-15(18-23-13)11-4-6-12(7-5-11)24(2,21)22/h3-8H,9H2,1-2H3. The van der Waals surface area contributed by atoms with Gasteiger partial charge in [0.1, 0.15) is 6.54 Å². The van der Waals surface area contributed by atoms with Crippen LogP contribution in [0.15, 0.2) is 50.6 Å². The van der Waals surface area contributed by atoms with Gasteiger partial charge in [-0.05, 0) is 37.3 Å². The summed E-state index contributed by atoms with van der Waals surface area (Å²) in [5.41, 5.74) is 1.05. The third-order valence-corrected chi connectivity index (χ3v) is 4.42. The lowest BCUT2D eigenvalue weighted by atomic mass is 10.2. The summed E-state index contributed by atoms with van der Waals surface area (Å²) in [5, 5.41) is 7.95. The zero-order valence-electron chi connectivity index (χ0n) is 13.0. The van der Waals surface area contributed by atoms with Crippen LogP contribution in [0, 0.1) is 6.92 Å². The summed E-state index contributed by atoms with van der Waals surface area (Å²) in [6.07, 6.45) is 1.14. The van der Waals surface area contributed by atoms with E-state index in [0.29, 0.717) is 17.1 Å². The van der Waals surface area contributed by atoms with E-state index in [2.05, 4.69) is 15.2 Å². The van der Waals surface area contributed by atoms with Crippen molar-refractivity contribution in [2.24, 2.45) is 0 Å². The van der Waals surface area contributed by atoms with Crippen LogP contribution in [-0.4, -0.2) is 34.6 Å². The molecule has 124 valence electrons. The quantitative estimate of drug-likeness (QED) is 0.695. The first kappa shape index (κ1) is 16.1. The van der Waals surface area contributed by atoms with Crippen molar-refractivity contribution < 1.29 is 12.9 Å². The van der Waals surface area contributed by atoms with Crippen LogP contribution >= 0.6 is 0 Å². The van der Waals surface area contributed by atoms with Crippen molar-refractivity contribution in [1.82, 2.24) is 19.9 Å². The fourth-order valence-corrected chi connectivity index (χ4v) is 2.71. The van der Waals surface area contributed by atoms with E-state index in [4.69, 9.17) is 4.52 Å². The molecule has 0 bridgehead atoms. The van der Waals surface area contributed by atoms with Gasteiger partial charge in [0.05, 0.1) is 10.6 Å². The predicted octanol–water partition coefficient (Wildman–Crippen LogP) is 1.05. The molecule has 24 heavy (non-hydrogen) atoms. The molecule has 0 unspecified atom stereocenters. The number of hydrogen-bond acceptors (Lipinski definition) is 7. The van der Waals surface area contributed by atoms with Crippen molar-refractivity contribution in [3.8, 4) is 11.4 Å². The molecule has 0 radical (unpaired) electrons. The highest BCUT2D eigenvalue weighted by molar-refractivity contribution is 7.90. The first-order valence-corrected chi connectivity index (χ1v) is 8.90. The van der Waals surface area contributed by atoms with Crippen molar-refractivity contribution >= 4 is 9.84 Å². The number of benzene rings is 1. The van der Waals surface area contributed by atoms with Crippen LogP contribution in [0.4, 0.5) is 0 Å². The Bertz CT molecular complexity index is 1040. The Labute approximate surface area is 137 Å². The summed E-state index contributed by atoms with van der Waals surface area (Å²) < 4.78 is 29.3. The first-order chi connectivity index (χ1) is 11.3. The fourth-order valence-electron chi connectivity index (χ4n) is 2.08. The van der Waals surface area contributed by atoms with Crippen molar-refractivity contribution in [3.05, 3.63) is 58.3 Å². The number of aryl methyl sites for hydroxylation is 1. The molecule has 3 rings (SSSR count). The molecule has 8 nitrogen and oxygen atoms in total. The van der Waals surface area contributed by atoms with Gasteiger partial charge >= 0.3 is 0 Å². The van der Waals surface area contributed by atoms with Gasteiger partial charge in [0.15, 0.2) is 9.84 Å². The Morgan fingerprint density at radius 3 is 2.50 bits per heavy atom. The highest BCUT2D eigenvalue weighted by atomic mass is 32.2. The number of hydrogen-bond donors (Lipinski definition) is 0. The van der Waals surface area contributed by atoms with Crippen LogP contribution in [0.5, 0.6) is 0 Å². The van der Waals surface area contributed by atoms with Gasteiger partial charge in [0.2, 0.25) is 11.7 Å². The van der Waals surface area contributed by atoms with Crippen LogP contribution in [0.25, 0.3) is 11.4 Å². The van der Waals surface area contributed by atoms with Gasteiger partial charge in [-0.2, -0.15) is 10.1 Å². The third-order valence-electron chi connectivity index (χ3n) is 3.29. The Balaban J connectivity index is 1.85. The molecule has 2 heterocycles. The Morgan fingerprint density at radius 2 is 1.83 bits per heavy atom. The summed E-state index contributed by atoms with van der Waals surface area (Å²) in [6, 6.07) is 9.20. The van der Waals surface area contributed by atoms with Gasteiger partial charge in [0.25, 0.3) is 5.56 Å². The molecule has 0 fully saturated rings. The van der Waals surface area contributed by atoms with E-state index in [9.17, 15) is 13.2 Å². The SMILES string of the molecule is Cc1ccc(=O)n(Cc2nc(-c3ccc(S(C)(=O)=O)cc3)no2)n1. The van der Waals surface area contributed by atoms with E-state index in [-0.39, 0.29) is 22.9 Å². The van der Waals surface area contributed by atoms with Crippen molar-refractivity contribution in [1.29, 1.82) is 0 Å². The van der Waals surface area contributed by atoms with E-state index < -0.39 is 9.84 Å². The molecule has 0 saturated carbocycles. The molecule has 0 N–H and O–H groups in total. The minimum Gasteiger partial charge on any atom is -0.337 e. The highest BCUT2D eigenvalue weighted by Crippen LogP contribution is 2.18. The van der Waals surface area contributed by atoms with Crippen molar-refractivity contribution in [3.63, 3.8) is 0 Å². The van der Waals surface area contributed by atoms with Gasteiger partial charge in [-0.1, -0.05) is 5.16 Å². The van der Waals surface area contributed by atoms with E-state index in [1.165, 1.54) is 22.9 Å². The predicted molar refractivity (Wildman–Crippen MR) is 85.2 cm³/mol. The van der Waals surface area contributed by atoms with Crippen molar-refractivity contribution in [2.45, 2.75) is 18.4 Å². The molecule has 9 heteroatoms. The molecule has 0 spiro atoms. The zero-order valence-corrected chi connectivity index (χ0v) is 13.8. The minimum atomic E-state index is -3.26. The lowest BCUT2D eigenvalue weighted by molar-refractivity contribution is 0.362. The molecule has 0 amide bonds. The Kier molecular flexibility index (Phi) is 4.02. The molecule has 0 aliphatic heterocycles. The fraction of sp³-hybridized carbons (Fsp3) is 0.200. The van der Waals surface area contributed by atoms with Gasteiger partial charge in [0, 0.05) is 17.9 Å². The molecule has 0 saturated heterocycles. The van der Waals surface area contributed by atoms with Gasteiger partial charge in [-0.3, -0.25) is 4.79 Å². The number of sulfone groups is 1. The maximum Gasteiger partial charge on any atom is 0.267 e. The summed E-state index contributed by atoms with van der Waals surface area (Å²) in [4.78, 5) is 16.2. The van der Waals surface area contributed by atoms with Crippen LogP contribution in [-0.2, 0) is 16.4 Å². The van der Waals surface area contributed by atoms with E-state index in [1.807, 2.05) is 0 Å². The largest absolute Gasteiger partial charge is 0.337 e. The first-order valence-electron chi connectivity index (χ1n) is 7.01. The second-order valence-corrected chi connectivity index (χ2v) is 7.29. The number of aromatic nitrogens is 4. The number of nitrogens with zero attached hydrogens (tertiary/aromatic N) is 4. The van der Waals surface area contributed by atoms with E-state index in [0.717, 1.165) is 6.26 Å². The second-order valence-electron chi connectivity index (χ2n) is 5.28. The monoisotopic (exact) mass is 346 g/mol. The van der Waals surface area contributed by atoms with Gasteiger partial charge < -0.3 is 4.52 Å². The molecule has 0 atom stereocenters. The molecule has 3 aromatic rings. The number of rotatable bonds is 4. The Hall–Kier alpha value is -2.81. The van der Waals surface area contributed by atoms with Crippen LogP contribution in [0.1, 0.15) is 11.6 Å². The second kappa shape index (κ2) is 6.00. The lowest BCUT2D eigenvalue weighted by Crippen LogP contribution is -2.23. The molecular formula is C15H14N4O4S. The molecule has 2 aromatic heterocycles. The molecule has 1 aromatic carbocycles. The zero-order chi connectivity index (χ0) is 17.3. The van der Waals surface area contributed by atoms with E-state index >= 15 is 0 Å². The van der Waals surface area contributed by atoms with Crippen LogP contribution < -0.4 is 5.56 Å². The average Bonchev–Trinajstić information content (AvgIpc) is 2.99. The smallest absolute Gasteiger partial charge is 0.267 e. The van der Waals surface area contributed by atoms with E-state index in [1.54, 1.807) is 25.1 Å². The average molecular weight is 346 g/mol. The highest BCUT2D eigenvalue weighted by Gasteiger charge is 2.12. The summed E-state index contributed by atoms with van der Waals surface area (Å²) >= 11 is 0. The maximum atomic E-state index is 11.7. The topological polar surface area (TPSA) is 108 Å². The summed E-state index contributed by atoms with van der Waals surface area (Å²) in [7, 11) is -3.26. The maximum absolute atomic E-state index is 11.7. The lowest BCUT2D eigenvalue weighted by Gasteiger charge is -2.00. The van der Waals surface area contributed by atoms with Gasteiger partial charge in [-0.15, -0.1) is 0 Å². The summed E-state index contributed by atoms with van der Waals surface area (Å²) in [6.45, 7) is 1.84. The van der Waals surface area contributed by atoms with Crippen LogP contribution in [0.3, 0.4) is 0 Å². The summed E-state index contributed by atoms with van der Waals surface area (Å²) in [5.74, 6) is 0.545. The minimum absolute atomic E-state index is 0.0644. The Morgan fingerprint density at radius 1 is 1.12 bits per heavy atom. The third kappa shape index (κ3) is 3.40. The van der Waals surface area contributed by atoms with Gasteiger partial charge in [-0.25, -0.2) is 13.1 Å². The molecular weight excluding hydrogens is 332 g/mol. The normalized spacial score (nSPS) is 11.6. The molecule has 0 aliphatic carbocycles. The van der Waals surface area contributed by atoms with Crippen LogP contribution in [0.2, 0.25) is 0 Å². The molecule has 0 aliphatic rings.